The van der Waals surface area contributed by atoms with Crippen LogP contribution < -0.4 is 5.32 Å². The number of alkyl carbamates (subject to hydrolysis) is 1. The van der Waals surface area contributed by atoms with Crippen molar-refractivity contribution < 1.29 is 23.9 Å². The average Bonchev–Trinajstić information content (AvgIpc) is 3.22. The zero-order valence-corrected chi connectivity index (χ0v) is 23.8. The molecule has 0 spiro atoms. The van der Waals surface area contributed by atoms with Crippen molar-refractivity contribution in [2.24, 2.45) is 0 Å². The summed E-state index contributed by atoms with van der Waals surface area (Å²) in [6, 6.07) is 9.01. The van der Waals surface area contributed by atoms with Gasteiger partial charge in [0.1, 0.15) is 5.60 Å². The lowest BCUT2D eigenvalue weighted by atomic mass is 10.0. The van der Waals surface area contributed by atoms with Crippen LogP contribution in [0.4, 0.5) is 4.79 Å². The summed E-state index contributed by atoms with van der Waals surface area (Å²) in [7, 11) is 0. The third kappa shape index (κ3) is 12.7. The molecule has 1 aliphatic heterocycles. The maximum atomic E-state index is 12.8. The van der Waals surface area contributed by atoms with E-state index in [0.29, 0.717) is 25.9 Å². The van der Waals surface area contributed by atoms with E-state index in [9.17, 15) is 19.2 Å². The number of carbonyl (C=O) groups is 4. The fraction of sp³-hybridized carbons (Fsp3) is 0.677. The van der Waals surface area contributed by atoms with E-state index >= 15 is 0 Å². The van der Waals surface area contributed by atoms with Gasteiger partial charge in [0.25, 0.3) is 0 Å². The number of ketones is 2. The minimum absolute atomic E-state index is 0.0461. The van der Waals surface area contributed by atoms with Crippen LogP contribution in [0, 0.1) is 0 Å². The zero-order chi connectivity index (χ0) is 27.8. The highest BCUT2D eigenvalue weighted by atomic mass is 16.6. The molecule has 0 saturated carbocycles. The smallest absolute Gasteiger partial charge is 0.407 e. The second-order valence-corrected chi connectivity index (χ2v) is 11.4. The molecule has 0 bridgehead atoms. The maximum Gasteiger partial charge on any atom is 0.407 e. The van der Waals surface area contributed by atoms with Gasteiger partial charge in [-0.3, -0.25) is 14.4 Å². The fourth-order valence-corrected chi connectivity index (χ4v) is 4.80. The number of ether oxygens (including phenoxy) is 1. The normalized spacial score (nSPS) is 15.5. The van der Waals surface area contributed by atoms with Gasteiger partial charge in [0.05, 0.1) is 6.04 Å². The van der Waals surface area contributed by atoms with Gasteiger partial charge in [0, 0.05) is 25.9 Å². The van der Waals surface area contributed by atoms with E-state index in [4.69, 9.17) is 4.74 Å². The monoisotopic (exact) mass is 528 g/mol. The van der Waals surface area contributed by atoms with Crippen molar-refractivity contribution in [2.45, 2.75) is 129 Å². The Morgan fingerprint density at radius 3 is 2.00 bits per heavy atom. The van der Waals surface area contributed by atoms with E-state index in [2.05, 4.69) is 5.32 Å². The number of hydrogen-bond donors (Lipinski definition) is 1. The Bertz CT molecular complexity index is 878. The Hall–Kier alpha value is -2.70. The number of likely N-dealkylation sites (tertiary alicyclic amines) is 1. The van der Waals surface area contributed by atoms with Gasteiger partial charge in [0.2, 0.25) is 17.5 Å². The Kier molecular flexibility index (Phi) is 14.1. The molecule has 7 nitrogen and oxygen atoms in total. The molecule has 1 aromatic carbocycles. The predicted octanol–water partition coefficient (Wildman–Crippen LogP) is 6.52. The lowest BCUT2D eigenvalue weighted by molar-refractivity contribution is -0.142. The van der Waals surface area contributed by atoms with Crippen LogP contribution in [0.1, 0.15) is 116 Å². The number of nitrogens with one attached hydrogen (secondary N) is 1. The average molecular weight is 529 g/mol. The van der Waals surface area contributed by atoms with Crippen LogP contribution >= 0.6 is 0 Å². The van der Waals surface area contributed by atoms with Gasteiger partial charge in [-0.2, -0.15) is 0 Å². The lowest BCUT2D eigenvalue weighted by Gasteiger charge is -2.23. The minimum Gasteiger partial charge on any atom is -0.444 e. The quantitative estimate of drug-likeness (QED) is 0.173. The lowest BCUT2D eigenvalue weighted by Crippen LogP contribution is -2.41. The molecule has 1 aromatic rings. The first-order valence-electron chi connectivity index (χ1n) is 14.5. The SMILES string of the molecule is CC(C)(C)OC(=O)NCCCCCCCCCCCCCC(=O)C(=O)C1CCC(=O)N1Cc1ccccc1. The number of carbonyl (C=O) groups excluding carboxylic acids is 4. The summed E-state index contributed by atoms with van der Waals surface area (Å²) in [5.41, 5.74) is 0.518. The highest BCUT2D eigenvalue weighted by molar-refractivity contribution is 6.39. The molecule has 1 fully saturated rings. The fourth-order valence-electron chi connectivity index (χ4n) is 4.80. The molecule has 212 valence electrons. The van der Waals surface area contributed by atoms with Crippen molar-refractivity contribution in [3.63, 3.8) is 0 Å². The second kappa shape index (κ2) is 17.0. The summed E-state index contributed by atoms with van der Waals surface area (Å²) in [5, 5.41) is 2.80. The molecule has 38 heavy (non-hydrogen) atoms. The van der Waals surface area contributed by atoms with Crippen molar-refractivity contribution in [1.29, 1.82) is 0 Å². The molecule has 1 heterocycles. The van der Waals surface area contributed by atoms with Gasteiger partial charge >= 0.3 is 6.09 Å². The summed E-state index contributed by atoms with van der Waals surface area (Å²) < 4.78 is 5.22. The Balaban J connectivity index is 1.45. The highest BCUT2D eigenvalue weighted by Gasteiger charge is 2.38. The Morgan fingerprint density at radius 1 is 0.868 bits per heavy atom. The molecule has 1 atom stereocenters. The van der Waals surface area contributed by atoms with Gasteiger partial charge in [-0.05, 0) is 45.6 Å². The third-order valence-corrected chi connectivity index (χ3v) is 6.85. The van der Waals surface area contributed by atoms with Crippen LogP contribution in [0.15, 0.2) is 30.3 Å². The number of nitrogens with zero attached hydrogens (tertiary/aromatic N) is 1. The van der Waals surface area contributed by atoms with E-state index < -0.39 is 17.4 Å². The van der Waals surface area contributed by atoms with Crippen LogP contribution in [-0.2, 0) is 25.7 Å². The topological polar surface area (TPSA) is 92.8 Å². The van der Waals surface area contributed by atoms with Crippen molar-refractivity contribution in [3.8, 4) is 0 Å². The van der Waals surface area contributed by atoms with Crippen LogP contribution in [0.3, 0.4) is 0 Å². The van der Waals surface area contributed by atoms with E-state index in [1.54, 1.807) is 4.90 Å². The molecule has 0 aliphatic carbocycles. The minimum atomic E-state index is -0.601. The molecule has 0 radical (unpaired) electrons. The van der Waals surface area contributed by atoms with Gasteiger partial charge in [0.15, 0.2) is 0 Å². The molecule has 1 N–H and O–H groups in total. The number of rotatable bonds is 18. The predicted molar refractivity (Wildman–Crippen MR) is 150 cm³/mol. The number of unbranched alkanes of at least 4 members (excludes halogenated alkanes) is 10. The first-order valence-corrected chi connectivity index (χ1v) is 14.5. The molecule has 2 rings (SSSR count). The molecule has 1 unspecified atom stereocenters. The molecule has 0 aromatic heterocycles. The highest BCUT2D eigenvalue weighted by Crippen LogP contribution is 2.23. The van der Waals surface area contributed by atoms with Crippen molar-refractivity contribution in [3.05, 3.63) is 35.9 Å². The summed E-state index contributed by atoms with van der Waals surface area (Å²) in [4.78, 5) is 50.7. The van der Waals surface area contributed by atoms with Gasteiger partial charge in [-0.15, -0.1) is 0 Å². The summed E-state index contributed by atoms with van der Waals surface area (Å²) in [6.07, 6.45) is 12.8. The van der Waals surface area contributed by atoms with Crippen LogP contribution in [0.2, 0.25) is 0 Å². The number of amides is 2. The van der Waals surface area contributed by atoms with E-state index in [1.807, 2.05) is 51.1 Å². The Morgan fingerprint density at radius 2 is 1.42 bits per heavy atom. The summed E-state index contributed by atoms with van der Waals surface area (Å²) in [6.45, 7) is 6.62. The van der Waals surface area contributed by atoms with Crippen molar-refractivity contribution in [1.82, 2.24) is 10.2 Å². The van der Waals surface area contributed by atoms with Crippen LogP contribution in [0.5, 0.6) is 0 Å². The first kappa shape index (κ1) is 31.5. The second-order valence-electron chi connectivity index (χ2n) is 11.4. The van der Waals surface area contributed by atoms with Crippen molar-refractivity contribution >= 4 is 23.6 Å². The molecule has 2 amide bonds. The van der Waals surface area contributed by atoms with E-state index in [1.165, 1.54) is 32.1 Å². The van der Waals surface area contributed by atoms with Crippen LogP contribution in [0.25, 0.3) is 0 Å². The number of Topliss-reactive ketones (excluding diaryl/α,β-unsaturated/α-hetero) is 2. The third-order valence-electron chi connectivity index (χ3n) is 6.85. The largest absolute Gasteiger partial charge is 0.444 e. The molecular weight excluding hydrogens is 480 g/mol. The number of hydrogen-bond acceptors (Lipinski definition) is 5. The zero-order valence-electron chi connectivity index (χ0n) is 23.8. The molecular formula is C31H48N2O5. The first-order chi connectivity index (χ1) is 18.2. The standard InChI is InChI=1S/C31H48N2O5/c1-31(2,3)38-30(37)32-23-17-12-10-8-6-4-5-7-9-11-16-20-27(34)29(36)26-21-22-28(35)33(26)24-25-18-14-13-15-19-25/h13-15,18-19,26H,4-12,16-17,20-24H2,1-3H3,(H,32,37). The Labute approximate surface area is 229 Å². The van der Waals surface area contributed by atoms with Gasteiger partial charge < -0.3 is 15.0 Å². The summed E-state index contributed by atoms with van der Waals surface area (Å²) >= 11 is 0. The van der Waals surface area contributed by atoms with Gasteiger partial charge in [-0.1, -0.05) is 88.1 Å². The molecule has 1 saturated heterocycles. The summed E-state index contributed by atoms with van der Waals surface area (Å²) in [5.74, 6) is -0.772. The maximum absolute atomic E-state index is 12.8. The molecule has 1 aliphatic rings. The molecule has 7 heteroatoms. The van der Waals surface area contributed by atoms with E-state index in [0.717, 1.165) is 44.1 Å². The van der Waals surface area contributed by atoms with Gasteiger partial charge in [-0.25, -0.2) is 4.79 Å². The van der Waals surface area contributed by atoms with Crippen LogP contribution in [-0.4, -0.2) is 46.7 Å². The van der Waals surface area contributed by atoms with E-state index in [-0.39, 0.29) is 24.2 Å². The van der Waals surface area contributed by atoms with Crippen molar-refractivity contribution in [2.75, 3.05) is 6.54 Å². The number of benzene rings is 1.